The molecule has 1 saturated heterocycles. The fourth-order valence-corrected chi connectivity index (χ4v) is 4.40. The van der Waals surface area contributed by atoms with Crippen LogP contribution in [0.2, 0.25) is 0 Å². The molecule has 1 fully saturated rings. The highest BCUT2D eigenvalue weighted by atomic mass is 16.7. The van der Waals surface area contributed by atoms with Crippen molar-refractivity contribution in [1.82, 2.24) is 14.8 Å². The van der Waals surface area contributed by atoms with Crippen molar-refractivity contribution in [3.8, 4) is 11.8 Å². The predicted molar refractivity (Wildman–Crippen MR) is 124 cm³/mol. The molecule has 2 aliphatic heterocycles. The Kier molecular flexibility index (Phi) is 4.84. The summed E-state index contributed by atoms with van der Waals surface area (Å²) in [6.45, 7) is 11.0. The van der Waals surface area contributed by atoms with E-state index in [0.717, 1.165) is 40.7 Å². The van der Waals surface area contributed by atoms with Gasteiger partial charge in [-0.25, -0.2) is 0 Å². The van der Waals surface area contributed by atoms with E-state index >= 15 is 0 Å². The van der Waals surface area contributed by atoms with Crippen molar-refractivity contribution in [2.75, 3.05) is 11.4 Å². The van der Waals surface area contributed by atoms with E-state index in [1.165, 1.54) is 0 Å². The molecule has 3 heterocycles. The summed E-state index contributed by atoms with van der Waals surface area (Å²) in [5, 5.41) is 18.0. The average molecular weight is 427 g/mol. The standard InChI is InChI=1S/C24H26BN5O2/c1-15-14-29(20-9-6-18(13-26)7-10-20)22-12-19(25-31-16(2)24(4,5)32-25)8-11-21(22)30-17(3)27-28-23(15)30/h6-12,15-16H,14H2,1-5H3. The number of benzene rings is 2. The lowest BCUT2D eigenvalue weighted by Crippen LogP contribution is -2.35. The minimum Gasteiger partial charge on any atom is -0.402 e. The van der Waals surface area contributed by atoms with Crippen molar-refractivity contribution in [3.63, 3.8) is 0 Å². The Hall–Kier alpha value is -3.15. The summed E-state index contributed by atoms with van der Waals surface area (Å²) in [5.41, 5.74) is 4.34. The van der Waals surface area contributed by atoms with E-state index in [0.29, 0.717) is 5.56 Å². The monoisotopic (exact) mass is 427 g/mol. The maximum atomic E-state index is 9.22. The molecule has 3 aromatic rings. The molecule has 5 rings (SSSR count). The Labute approximate surface area is 188 Å². The smallest absolute Gasteiger partial charge is 0.402 e. The van der Waals surface area contributed by atoms with Crippen molar-refractivity contribution in [2.24, 2.45) is 0 Å². The van der Waals surface area contributed by atoms with E-state index in [2.05, 4.69) is 64.7 Å². The number of anilines is 2. The van der Waals surface area contributed by atoms with Gasteiger partial charge in [0, 0.05) is 18.2 Å². The lowest BCUT2D eigenvalue weighted by Gasteiger charge is -2.27. The summed E-state index contributed by atoms with van der Waals surface area (Å²) < 4.78 is 14.5. The van der Waals surface area contributed by atoms with Crippen molar-refractivity contribution >= 4 is 24.0 Å². The van der Waals surface area contributed by atoms with Gasteiger partial charge in [0.05, 0.1) is 34.7 Å². The maximum absolute atomic E-state index is 9.22. The number of nitrogens with zero attached hydrogens (tertiary/aromatic N) is 5. The van der Waals surface area contributed by atoms with Gasteiger partial charge in [0.15, 0.2) is 0 Å². The molecule has 0 N–H and O–H groups in total. The Bertz CT molecular complexity index is 1210. The minimum atomic E-state index is -0.421. The van der Waals surface area contributed by atoms with Crippen molar-refractivity contribution in [1.29, 1.82) is 5.26 Å². The predicted octanol–water partition coefficient (Wildman–Crippen LogP) is 3.61. The zero-order chi connectivity index (χ0) is 22.6. The fraction of sp³-hybridized carbons (Fsp3) is 0.375. The first-order chi connectivity index (χ1) is 15.3. The van der Waals surface area contributed by atoms with Gasteiger partial charge in [-0.05, 0) is 69.6 Å². The summed E-state index contributed by atoms with van der Waals surface area (Å²) in [5.74, 6) is 1.95. The van der Waals surface area contributed by atoms with E-state index in [4.69, 9.17) is 9.31 Å². The molecule has 0 amide bonds. The quantitative estimate of drug-likeness (QED) is 0.582. The number of aromatic nitrogens is 3. The Morgan fingerprint density at radius 2 is 1.84 bits per heavy atom. The van der Waals surface area contributed by atoms with Gasteiger partial charge in [0.1, 0.15) is 11.6 Å². The Morgan fingerprint density at radius 3 is 2.50 bits per heavy atom. The molecule has 0 spiro atoms. The van der Waals surface area contributed by atoms with E-state index < -0.39 is 7.12 Å². The number of fused-ring (bicyclic) bond motifs is 3. The largest absolute Gasteiger partial charge is 0.494 e. The SMILES string of the molecule is Cc1nnc2n1-c1ccc(B3OC(C)C(C)(C)O3)cc1N(c1ccc(C#N)cc1)CC2C. The normalized spacial score (nSPS) is 21.6. The summed E-state index contributed by atoms with van der Waals surface area (Å²) >= 11 is 0. The first kappa shape index (κ1) is 20.7. The Balaban J connectivity index is 1.66. The highest BCUT2D eigenvalue weighted by molar-refractivity contribution is 6.62. The van der Waals surface area contributed by atoms with Crippen LogP contribution in [0.5, 0.6) is 0 Å². The van der Waals surface area contributed by atoms with Gasteiger partial charge in [-0.1, -0.05) is 13.0 Å². The third kappa shape index (κ3) is 3.29. The third-order valence-electron chi connectivity index (χ3n) is 6.58. The molecule has 162 valence electrons. The fourth-order valence-electron chi connectivity index (χ4n) is 4.40. The topological polar surface area (TPSA) is 76.2 Å². The summed E-state index contributed by atoms with van der Waals surface area (Å²) in [6.07, 6.45) is -0.00680. The van der Waals surface area contributed by atoms with Gasteiger partial charge in [-0.15, -0.1) is 10.2 Å². The van der Waals surface area contributed by atoms with Crippen LogP contribution in [0, 0.1) is 18.3 Å². The highest BCUT2D eigenvalue weighted by Crippen LogP contribution is 2.38. The van der Waals surface area contributed by atoms with Gasteiger partial charge >= 0.3 is 7.12 Å². The van der Waals surface area contributed by atoms with Gasteiger partial charge in [-0.2, -0.15) is 5.26 Å². The number of hydrogen-bond acceptors (Lipinski definition) is 6. The Morgan fingerprint density at radius 1 is 1.09 bits per heavy atom. The first-order valence-electron chi connectivity index (χ1n) is 11.0. The molecule has 2 aromatic carbocycles. The molecule has 0 saturated carbocycles. The molecule has 8 heteroatoms. The van der Waals surface area contributed by atoms with Gasteiger partial charge in [0.2, 0.25) is 0 Å². The third-order valence-corrected chi connectivity index (χ3v) is 6.58. The summed E-state index contributed by atoms with van der Waals surface area (Å²) in [4.78, 5) is 2.28. The molecular weight excluding hydrogens is 401 g/mol. The second-order valence-corrected chi connectivity index (χ2v) is 9.19. The lowest BCUT2D eigenvalue weighted by molar-refractivity contribution is 0.0842. The minimum absolute atomic E-state index is 0.00680. The van der Waals surface area contributed by atoms with Crippen LogP contribution in [-0.4, -0.2) is 40.1 Å². The van der Waals surface area contributed by atoms with Crippen LogP contribution in [0.25, 0.3) is 5.69 Å². The van der Waals surface area contributed by atoms with Crippen LogP contribution in [0.4, 0.5) is 11.4 Å². The van der Waals surface area contributed by atoms with Crippen LogP contribution >= 0.6 is 0 Å². The average Bonchev–Trinajstić information content (AvgIpc) is 3.26. The molecule has 0 radical (unpaired) electrons. The van der Waals surface area contributed by atoms with Crippen LogP contribution in [0.1, 0.15) is 50.8 Å². The zero-order valence-electron chi connectivity index (χ0n) is 19.0. The van der Waals surface area contributed by atoms with E-state index in [9.17, 15) is 5.26 Å². The van der Waals surface area contributed by atoms with E-state index in [1.807, 2.05) is 38.1 Å². The highest BCUT2D eigenvalue weighted by Gasteiger charge is 2.44. The second-order valence-electron chi connectivity index (χ2n) is 9.19. The molecule has 1 aromatic heterocycles. The zero-order valence-corrected chi connectivity index (χ0v) is 19.0. The first-order valence-corrected chi connectivity index (χ1v) is 11.0. The van der Waals surface area contributed by atoms with Crippen LogP contribution in [0.3, 0.4) is 0 Å². The molecule has 2 aliphatic rings. The maximum Gasteiger partial charge on any atom is 0.494 e. The molecule has 7 nitrogen and oxygen atoms in total. The van der Waals surface area contributed by atoms with Crippen molar-refractivity contribution < 1.29 is 9.31 Å². The lowest BCUT2D eigenvalue weighted by atomic mass is 9.78. The van der Waals surface area contributed by atoms with E-state index in [-0.39, 0.29) is 17.6 Å². The van der Waals surface area contributed by atoms with Crippen molar-refractivity contribution in [3.05, 3.63) is 59.7 Å². The molecule has 2 unspecified atom stereocenters. The summed E-state index contributed by atoms with van der Waals surface area (Å²) in [7, 11) is -0.421. The van der Waals surface area contributed by atoms with Crippen LogP contribution in [-0.2, 0) is 9.31 Å². The molecular formula is C24H26BN5O2. The van der Waals surface area contributed by atoms with Crippen LogP contribution < -0.4 is 10.4 Å². The number of rotatable bonds is 2. The van der Waals surface area contributed by atoms with Crippen molar-refractivity contribution in [2.45, 2.75) is 52.2 Å². The molecule has 32 heavy (non-hydrogen) atoms. The second kappa shape index (κ2) is 7.47. The van der Waals surface area contributed by atoms with Gasteiger partial charge in [0.25, 0.3) is 0 Å². The van der Waals surface area contributed by atoms with Gasteiger partial charge < -0.3 is 14.2 Å². The van der Waals surface area contributed by atoms with Gasteiger partial charge in [-0.3, -0.25) is 4.57 Å². The van der Waals surface area contributed by atoms with E-state index in [1.54, 1.807) is 0 Å². The molecule has 0 bridgehead atoms. The number of aryl methyl sites for hydroxylation is 1. The summed E-state index contributed by atoms with van der Waals surface area (Å²) in [6, 6.07) is 16.2. The number of nitriles is 1. The van der Waals surface area contributed by atoms with Crippen LogP contribution in [0.15, 0.2) is 42.5 Å². The molecule has 0 aliphatic carbocycles. The molecule has 2 atom stereocenters. The number of hydrogen-bond donors (Lipinski definition) is 0.